The lowest BCUT2D eigenvalue weighted by Gasteiger charge is -2.37. The lowest BCUT2D eigenvalue weighted by atomic mass is 9.86. The standard InChI is InChI=1S/C13H19NO/c1-8-5-11(13-10(3)7-14-13)12(15-4)6-9(8)2/h5-6,10,13-14H,7H2,1-4H3. The summed E-state index contributed by atoms with van der Waals surface area (Å²) in [5.74, 6) is 1.73. The summed E-state index contributed by atoms with van der Waals surface area (Å²) in [5.41, 5.74) is 3.94. The first kappa shape index (κ1) is 10.5. The summed E-state index contributed by atoms with van der Waals surface area (Å²) in [4.78, 5) is 0. The van der Waals surface area contributed by atoms with E-state index in [0.29, 0.717) is 12.0 Å². The highest BCUT2D eigenvalue weighted by atomic mass is 16.5. The average Bonchev–Trinajstić information content (AvgIpc) is 2.21. The van der Waals surface area contributed by atoms with E-state index >= 15 is 0 Å². The van der Waals surface area contributed by atoms with Crippen molar-refractivity contribution in [2.75, 3.05) is 13.7 Å². The fourth-order valence-corrected chi connectivity index (χ4v) is 2.12. The van der Waals surface area contributed by atoms with Gasteiger partial charge in [-0.1, -0.05) is 13.0 Å². The van der Waals surface area contributed by atoms with Gasteiger partial charge in [0.05, 0.1) is 7.11 Å². The lowest BCUT2D eigenvalue weighted by molar-refractivity contribution is 0.250. The van der Waals surface area contributed by atoms with Gasteiger partial charge in [-0.2, -0.15) is 0 Å². The van der Waals surface area contributed by atoms with Gasteiger partial charge in [0.1, 0.15) is 5.75 Å². The number of benzene rings is 1. The van der Waals surface area contributed by atoms with Crippen LogP contribution in [0.15, 0.2) is 12.1 Å². The molecule has 1 saturated heterocycles. The fourth-order valence-electron chi connectivity index (χ4n) is 2.12. The second-order valence-corrected chi connectivity index (χ2v) is 4.54. The number of hydrogen-bond donors (Lipinski definition) is 1. The zero-order valence-corrected chi connectivity index (χ0v) is 9.92. The lowest BCUT2D eigenvalue weighted by Crippen LogP contribution is -2.44. The third-order valence-corrected chi connectivity index (χ3v) is 3.41. The highest BCUT2D eigenvalue weighted by molar-refractivity contribution is 5.44. The van der Waals surface area contributed by atoms with Gasteiger partial charge >= 0.3 is 0 Å². The number of aryl methyl sites for hydroxylation is 2. The van der Waals surface area contributed by atoms with Gasteiger partial charge in [-0.05, 0) is 37.0 Å². The van der Waals surface area contributed by atoms with Crippen molar-refractivity contribution in [1.82, 2.24) is 5.32 Å². The number of methoxy groups -OCH3 is 1. The Balaban J connectivity index is 2.40. The zero-order valence-electron chi connectivity index (χ0n) is 9.92. The average molecular weight is 205 g/mol. The molecule has 1 aromatic carbocycles. The van der Waals surface area contributed by atoms with Crippen LogP contribution in [0.5, 0.6) is 5.75 Å². The molecule has 2 nitrogen and oxygen atoms in total. The van der Waals surface area contributed by atoms with Crippen molar-refractivity contribution >= 4 is 0 Å². The first-order chi connectivity index (χ1) is 7.13. The molecule has 0 aliphatic carbocycles. The monoisotopic (exact) mass is 205 g/mol. The SMILES string of the molecule is COc1cc(C)c(C)cc1C1NCC1C. The molecule has 2 unspecified atom stereocenters. The predicted molar refractivity (Wildman–Crippen MR) is 62.4 cm³/mol. The Hall–Kier alpha value is -1.02. The summed E-state index contributed by atoms with van der Waals surface area (Å²) < 4.78 is 5.45. The van der Waals surface area contributed by atoms with Crippen LogP contribution in [0.4, 0.5) is 0 Å². The van der Waals surface area contributed by atoms with E-state index in [1.807, 2.05) is 0 Å². The Labute approximate surface area is 91.6 Å². The number of hydrogen-bond acceptors (Lipinski definition) is 2. The molecule has 1 N–H and O–H groups in total. The van der Waals surface area contributed by atoms with E-state index in [1.165, 1.54) is 16.7 Å². The van der Waals surface area contributed by atoms with Gasteiger partial charge < -0.3 is 10.1 Å². The fraction of sp³-hybridized carbons (Fsp3) is 0.538. The molecular formula is C13H19NO. The van der Waals surface area contributed by atoms with Crippen LogP contribution < -0.4 is 10.1 Å². The second kappa shape index (κ2) is 3.86. The Morgan fingerprint density at radius 1 is 1.27 bits per heavy atom. The van der Waals surface area contributed by atoms with Crippen molar-refractivity contribution < 1.29 is 4.74 Å². The maximum absolute atomic E-state index is 5.45. The van der Waals surface area contributed by atoms with Gasteiger partial charge in [-0.3, -0.25) is 0 Å². The van der Waals surface area contributed by atoms with Crippen LogP contribution in [0.2, 0.25) is 0 Å². The molecule has 2 atom stereocenters. The van der Waals surface area contributed by atoms with Crippen molar-refractivity contribution in [1.29, 1.82) is 0 Å². The molecular weight excluding hydrogens is 186 g/mol. The molecule has 1 fully saturated rings. The van der Waals surface area contributed by atoms with Gasteiger partial charge in [0, 0.05) is 18.2 Å². The second-order valence-electron chi connectivity index (χ2n) is 4.54. The summed E-state index contributed by atoms with van der Waals surface area (Å²) in [6.45, 7) is 7.66. The first-order valence-electron chi connectivity index (χ1n) is 5.52. The van der Waals surface area contributed by atoms with Crippen molar-refractivity contribution in [3.05, 3.63) is 28.8 Å². The molecule has 0 saturated carbocycles. The molecule has 2 heteroatoms. The molecule has 1 aliphatic rings. The highest BCUT2D eigenvalue weighted by Gasteiger charge is 2.30. The third-order valence-electron chi connectivity index (χ3n) is 3.41. The van der Waals surface area contributed by atoms with Crippen molar-refractivity contribution in [3.8, 4) is 5.75 Å². The number of ether oxygens (including phenoxy) is 1. The molecule has 1 aliphatic heterocycles. The maximum Gasteiger partial charge on any atom is 0.123 e. The van der Waals surface area contributed by atoms with E-state index < -0.39 is 0 Å². The summed E-state index contributed by atoms with van der Waals surface area (Å²) in [5, 5.41) is 3.45. The van der Waals surface area contributed by atoms with Crippen LogP contribution in [0.25, 0.3) is 0 Å². The predicted octanol–water partition coefficient (Wildman–Crippen LogP) is 2.59. The minimum atomic E-state index is 0.472. The Morgan fingerprint density at radius 3 is 2.40 bits per heavy atom. The summed E-state index contributed by atoms with van der Waals surface area (Å²) >= 11 is 0. The van der Waals surface area contributed by atoms with Crippen LogP contribution in [-0.2, 0) is 0 Å². The van der Waals surface area contributed by atoms with Gasteiger partial charge in [-0.25, -0.2) is 0 Å². The molecule has 0 amide bonds. The quantitative estimate of drug-likeness (QED) is 0.801. The van der Waals surface area contributed by atoms with Gasteiger partial charge in [0.2, 0.25) is 0 Å². The summed E-state index contributed by atoms with van der Waals surface area (Å²) in [6.07, 6.45) is 0. The highest BCUT2D eigenvalue weighted by Crippen LogP contribution is 2.36. The van der Waals surface area contributed by atoms with E-state index in [1.54, 1.807) is 7.11 Å². The zero-order chi connectivity index (χ0) is 11.0. The van der Waals surface area contributed by atoms with Crippen LogP contribution in [-0.4, -0.2) is 13.7 Å². The first-order valence-corrected chi connectivity index (χ1v) is 5.52. The van der Waals surface area contributed by atoms with Crippen LogP contribution in [0.3, 0.4) is 0 Å². The van der Waals surface area contributed by atoms with E-state index in [4.69, 9.17) is 4.74 Å². The molecule has 1 heterocycles. The van der Waals surface area contributed by atoms with E-state index in [0.717, 1.165) is 12.3 Å². The molecule has 0 radical (unpaired) electrons. The Morgan fingerprint density at radius 2 is 1.93 bits per heavy atom. The van der Waals surface area contributed by atoms with E-state index in [9.17, 15) is 0 Å². The van der Waals surface area contributed by atoms with Crippen molar-refractivity contribution in [2.24, 2.45) is 5.92 Å². The summed E-state index contributed by atoms with van der Waals surface area (Å²) in [7, 11) is 1.75. The van der Waals surface area contributed by atoms with Crippen molar-refractivity contribution in [3.63, 3.8) is 0 Å². The third kappa shape index (κ3) is 1.74. The smallest absolute Gasteiger partial charge is 0.123 e. The number of nitrogens with one attached hydrogen (secondary N) is 1. The van der Waals surface area contributed by atoms with E-state index in [-0.39, 0.29) is 0 Å². The molecule has 0 spiro atoms. The molecule has 0 aromatic heterocycles. The normalized spacial score (nSPS) is 24.8. The minimum Gasteiger partial charge on any atom is -0.496 e. The Bertz CT molecular complexity index is 373. The van der Waals surface area contributed by atoms with Crippen LogP contribution in [0.1, 0.15) is 29.7 Å². The van der Waals surface area contributed by atoms with Crippen molar-refractivity contribution in [2.45, 2.75) is 26.8 Å². The van der Waals surface area contributed by atoms with Gasteiger partial charge in [0.15, 0.2) is 0 Å². The minimum absolute atomic E-state index is 0.472. The maximum atomic E-state index is 5.45. The molecule has 82 valence electrons. The van der Waals surface area contributed by atoms with Gasteiger partial charge in [0.25, 0.3) is 0 Å². The topological polar surface area (TPSA) is 21.3 Å². The molecule has 0 bridgehead atoms. The largest absolute Gasteiger partial charge is 0.496 e. The Kier molecular flexibility index (Phi) is 2.70. The summed E-state index contributed by atoms with van der Waals surface area (Å²) in [6, 6.07) is 4.86. The van der Waals surface area contributed by atoms with Crippen LogP contribution >= 0.6 is 0 Å². The van der Waals surface area contributed by atoms with E-state index in [2.05, 4.69) is 38.2 Å². The molecule has 1 aromatic rings. The number of rotatable bonds is 2. The van der Waals surface area contributed by atoms with Crippen LogP contribution in [0, 0.1) is 19.8 Å². The molecule has 2 rings (SSSR count). The van der Waals surface area contributed by atoms with Gasteiger partial charge in [-0.15, -0.1) is 0 Å². The molecule has 15 heavy (non-hydrogen) atoms.